The third-order valence-corrected chi connectivity index (χ3v) is 5.52. The number of primary sulfonamides is 1. The van der Waals surface area contributed by atoms with Gasteiger partial charge < -0.3 is 4.90 Å². The second-order valence-electron chi connectivity index (χ2n) is 5.18. The summed E-state index contributed by atoms with van der Waals surface area (Å²) in [6.07, 6.45) is 2.52. The maximum Gasteiger partial charge on any atom is 0.238 e. The lowest BCUT2D eigenvalue weighted by molar-refractivity contribution is 0.598. The Balaban J connectivity index is 1.67. The molecule has 0 aliphatic heterocycles. The summed E-state index contributed by atoms with van der Waals surface area (Å²) in [5.74, 6) is 0. The van der Waals surface area contributed by atoms with Gasteiger partial charge in [-0.3, -0.25) is 0 Å². The molecule has 2 heterocycles. The molecule has 2 aromatic heterocycles. The van der Waals surface area contributed by atoms with E-state index in [0.29, 0.717) is 0 Å². The minimum atomic E-state index is -3.63. The number of likely N-dealkylation sites (N-methyl/N-ethyl adjacent to an activating group) is 1. The first kappa shape index (κ1) is 15.9. The number of nitrogens with zero attached hydrogens (tertiary/aromatic N) is 3. The van der Waals surface area contributed by atoms with Crippen LogP contribution in [0.1, 0.15) is 5.56 Å². The Morgan fingerprint density at radius 2 is 1.96 bits per heavy atom. The van der Waals surface area contributed by atoms with Gasteiger partial charge in [0, 0.05) is 19.8 Å². The highest BCUT2D eigenvalue weighted by Crippen LogP contribution is 2.26. The minimum Gasteiger partial charge on any atom is -0.351 e. The Labute approximate surface area is 138 Å². The Bertz CT molecular complexity index is 887. The molecule has 0 bridgehead atoms. The van der Waals surface area contributed by atoms with E-state index in [9.17, 15) is 8.42 Å². The smallest absolute Gasteiger partial charge is 0.238 e. The van der Waals surface area contributed by atoms with Gasteiger partial charge in [-0.2, -0.15) is 4.98 Å². The van der Waals surface area contributed by atoms with Gasteiger partial charge in [0.05, 0.1) is 9.60 Å². The quantitative estimate of drug-likeness (QED) is 0.762. The molecule has 0 radical (unpaired) electrons. The molecule has 0 saturated heterocycles. The number of hydrogen-bond acceptors (Lipinski definition) is 6. The van der Waals surface area contributed by atoms with Gasteiger partial charge in [-0.25, -0.2) is 18.5 Å². The van der Waals surface area contributed by atoms with Crippen LogP contribution in [0, 0.1) is 0 Å². The molecule has 0 aliphatic carbocycles. The van der Waals surface area contributed by atoms with E-state index in [4.69, 9.17) is 5.14 Å². The summed E-state index contributed by atoms with van der Waals surface area (Å²) in [5.41, 5.74) is 1.81. The van der Waals surface area contributed by atoms with E-state index in [1.807, 2.05) is 19.2 Å². The van der Waals surface area contributed by atoms with Crippen LogP contribution in [0.2, 0.25) is 0 Å². The number of fused-ring (bicyclic) bond motifs is 1. The fourth-order valence-corrected chi connectivity index (χ4v) is 3.59. The van der Waals surface area contributed by atoms with Crippen molar-refractivity contribution in [1.29, 1.82) is 0 Å². The van der Waals surface area contributed by atoms with E-state index in [-0.39, 0.29) is 4.90 Å². The summed E-state index contributed by atoms with van der Waals surface area (Å²) < 4.78 is 23.5. The molecule has 0 amide bonds. The first-order valence-corrected chi connectivity index (χ1v) is 9.34. The third kappa shape index (κ3) is 3.66. The van der Waals surface area contributed by atoms with Crippen LogP contribution in [0.5, 0.6) is 0 Å². The van der Waals surface area contributed by atoms with Gasteiger partial charge in [0.1, 0.15) is 0 Å². The zero-order valence-corrected chi connectivity index (χ0v) is 14.1. The van der Waals surface area contributed by atoms with Crippen LogP contribution in [0.25, 0.3) is 10.3 Å². The number of hydrogen-bond donors (Lipinski definition) is 1. The zero-order valence-electron chi connectivity index (χ0n) is 12.5. The van der Waals surface area contributed by atoms with Gasteiger partial charge in [-0.1, -0.05) is 23.5 Å². The van der Waals surface area contributed by atoms with Crippen molar-refractivity contribution in [3.63, 3.8) is 0 Å². The second-order valence-corrected chi connectivity index (χ2v) is 7.75. The van der Waals surface area contributed by atoms with Crippen LogP contribution in [-0.4, -0.2) is 32.0 Å². The summed E-state index contributed by atoms with van der Waals surface area (Å²) in [5, 5.41) is 6.01. The SMILES string of the molecule is CN(CCc1ccc(S(N)(=O)=O)cc1)c1nc2ncccc2s1. The standard InChI is InChI=1S/C15H16N4O2S2/c1-19(15-18-14-13(22-15)3-2-9-17-14)10-8-11-4-6-12(7-5-11)23(16,20)21/h2-7,9H,8,10H2,1H3,(H2,16,20,21). The predicted molar refractivity (Wildman–Crippen MR) is 92.2 cm³/mol. The fourth-order valence-electron chi connectivity index (χ4n) is 2.16. The number of benzene rings is 1. The molecule has 8 heteroatoms. The van der Waals surface area contributed by atoms with Gasteiger partial charge in [0.2, 0.25) is 10.0 Å². The Kier molecular flexibility index (Phi) is 4.29. The number of thiazole rings is 1. The minimum absolute atomic E-state index is 0.131. The van der Waals surface area contributed by atoms with Gasteiger partial charge in [0.15, 0.2) is 10.8 Å². The van der Waals surface area contributed by atoms with Crippen LogP contribution in [0.4, 0.5) is 5.13 Å². The van der Waals surface area contributed by atoms with Crippen molar-refractivity contribution < 1.29 is 8.42 Å². The van der Waals surface area contributed by atoms with Gasteiger partial charge >= 0.3 is 0 Å². The molecule has 0 spiro atoms. The molecular formula is C15H16N4O2S2. The summed E-state index contributed by atoms with van der Waals surface area (Å²) >= 11 is 1.60. The highest BCUT2D eigenvalue weighted by molar-refractivity contribution is 7.89. The van der Waals surface area contributed by atoms with Crippen molar-refractivity contribution in [2.24, 2.45) is 5.14 Å². The van der Waals surface area contributed by atoms with Crippen LogP contribution in [0.15, 0.2) is 47.5 Å². The highest BCUT2D eigenvalue weighted by Gasteiger charge is 2.10. The third-order valence-electron chi connectivity index (χ3n) is 3.47. The average Bonchev–Trinajstić information content (AvgIpc) is 2.96. The molecule has 0 atom stereocenters. The van der Waals surface area contributed by atoms with E-state index < -0.39 is 10.0 Å². The molecule has 0 saturated carbocycles. The monoisotopic (exact) mass is 348 g/mol. The van der Waals surface area contributed by atoms with Crippen molar-refractivity contribution in [2.45, 2.75) is 11.3 Å². The Morgan fingerprint density at radius 3 is 2.61 bits per heavy atom. The Morgan fingerprint density at radius 1 is 1.22 bits per heavy atom. The largest absolute Gasteiger partial charge is 0.351 e. The van der Waals surface area contributed by atoms with E-state index in [0.717, 1.165) is 34.0 Å². The molecule has 0 unspecified atom stereocenters. The number of nitrogens with two attached hydrogens (primary N) is 1. The van der Waals surface area contributed by atoms with Crippen LogP contribution < -0.4 is 10.0 Å². The number of rotatable bonds is 5. The molecule has 2 N–H and O–H groups in total. The lowest BCUT2D eigenvalue weighted by Gasteiger charge is -2.15. The normalized spacial score (nSPS) is 11.7. The number of anilines is 1. The van der Waals surface area contributed by atoms with Gasteiger partial charge in [-0.05, 0) is 36.2 Å². The van der Waals surface area contributed by atoms with Crippen LogP contribution in [0.3, 0.4) is 0 Å². The first-order valence-electron chi connectivity index (χ1n) is 6.98. The molecule has 6 nitrogen and oxygen atoms in total. The number of sulfonamides is 1. The molecular weight excluding hydrogens is 332 g/mol. The maximum absolute atomic E-state index is 11.2. The van der Waals surface area contributed by atoms with Crippen LogP contribution in [-0.2, 0) is 16.4 Å². The molecule has 23 heavy (non-hydrogen) atoms. The summed E-state index contributed by atoms with van der Waals surface area (Å²) in [4.78, 5) is 10.9. The van der Waals surface area contributed by atoms with E-state index >= 15 is 0 Å². The van der Waals surface area contributed by atoms with Crippen molar-refractivity contribution in [2.75, 3.05) is 18.5 Å². The van der Waals surface area contributed by atoms with E-state index in [1.165, 1.54) is 12.1 Å². The summed E-state index contributed by atoms with van der Waals surface area (Å²) in [6.45, 7) is 0.772. The van der Waals surface area contributed by atoms with Crippen molar-refractivity contribution in [3.8, 4) is 0 Å². The molecule has 3 aromatic rings. The Hall–Kier alpha value is -2.03. The lowest BCUT2D eigenvalue weighted by Crippen LogP contribution is -2.20. The molecule has 1 aromatic carbocycles. The topological polar surface area (TPSA) is 89.2 Å². The highest BCUT2D eigenvalue weighted by atomic mass is 32.2. The zero-order chi connectivity index (χ0) is 16.4. The first-order chi connectivity index (χ1) is 10.9. The molecule has 0 aliphatic rings. The molecule has 0 fully saturated rings. The van der Waals surface area contributed by atoms with Crippen LogP contribution >= 0.6 is 11.3 Å². The summed E-state index contributed by atoms with van der Waals surface area (Å²) in [6, 6.07) is 10.5. The second kappa shape index (κ2) is 6.23. The predicted octanol–water partition coefficient (Wildman–Crippen LogP) is 2.02. The van der Waals surface area contributed by atoms with Crippen molar-refractivity contribution in [3.05, 3.63) is 48.2 Å². The fraction of sp³-hybridized carbons (Fsp3) is 0.200. The van der Waals surface area contributed by atoms with E-state index in [2.05, 4.69) is 14.9 Å². The molecule has 120 valence electrons. The van der Waals surface area contributed by atoms with Crippen molar-refractivity contribution >= 4 is 36.8 Å². The summed E-state index contributed by atoms with van der Waals surface area (Å²) in [7, 11) is -1.65. The number of aromatic nitrogens is 2. The number of pyridine rings is 1. The lowest BCUT2D eigenvalue weighted by atomic mass is 10.1. The average molecular weight is 348 g/mol. The van der Waals surface area contributed by atoms with Gasteiger partial charge in [-0.15, -0.1) is 0 Å². The molecule has 3 rings (SSSR count). The van der Waals surface area contributed by atoms with Gasteiger partial charge in [0.25, 0.3) is 0 Å². The van der Waals surface area contributed by atoms with E-state index in [1.54, 1.807) is 29.7 Å². The maximum atomic E-state index is 11.2. The van der Waals surface area contributed by atoms with Crippen molar-refractivity contribution in [1.82, 2.24) is 9.97 Å².